The van der Waals surface area contributed by atoms with Crippen LogP contribution in [0.3, 0.4) is 0 Å². The number of allylic oxidation sites excluding steroid dienone is 2. The van der Waals surface area contributed by atoms with Gasteiger partial charge in [-0.3, -0.25) is 19.2 Å². The summed E-state index contributed by atoms with van der Waals surface area (Å²) < 4.78 is 42.0. The number of Topliss-reactive ketones (excluding diaryl/α,β-unsaturated/α-hetero) is 4. The molecule has 4 nitrogen and oxygen atoms in total. The van der Waals surface area contributed by atoms with Gasteiger partial charge in [-0.15, -0.1) is 45.3 Å². The van der Waals surface area contributed by atoms with Crippen LogP contribution in [0, 0.1) is 24.4 Å². The zero-order chi connectivity index (χ0) is 37.2. The minimum atomic E-state index is -1.16. The van der Waals surface area contributed by atoms with E-state index in [9.17, 15) is 32.3 Å². The molecule has 4 aliphatic rings. The fourth-order valence-electron chi connectivity index (χ4n) is 8.35. The maximum atomic E-state index is 14.2. The Bertz CT molecular complexity index is 2510. The van der Waals surface area contributed by atoms with Gasteiger partial charge in [0.1, 0.15) is 5.82 Å². The number of rotatable bonds is 4. The van der Waals surface area contributed by atoms with Crippen molar-refractivity contribution < 1.29 is 32.3 Å². The number of hydrogen-bond donors (Lipinski definition) is 0. The van der Waals surface area contributed by atoms with Gasteiger partial charge in [-0.25, -0.2) is 13.2 Å². The Morgan fingerprint density at radius 2 is 0.944 bits per heavy atom. The third-order valence-corrected chi connectivity index (χ3v) is 15.9. The van der Waals surface area contributed by atoms with E-state index in [4.69, 9.17) is 0 Å². The molecule has 0 unspecified atom stereocenters. The van der Waals surface area contributed by atoms with Crippen LogP contribution in [0.25, 0.3) is 41.4 Å². The summed E-state index contributed by atoms with van der Waals surface area (Å²) in [4.78, 5) is 60.5. The summed E-state index contributed by atoms with van der Waals surface area (Å²) in [7, 11) is 0. The molecule has 0 bridgehead atoms. The highest BCUT2D eigenvalue weighted by Gasteiger charge is 2.47. The maximum absolute atomic E-state index is 14.2. The summed E-state index contributed by atoms with van der Waals surface area (Å²) in [6, 6.07) is 16.6. The first-order chi connectivity index (χ1) is 26.0. The molecule has 1 fully saturated rings. The lowest BCUT2D eigenvalue weighted by Crippen LogP contribution is -2.27. The number of halogens is 3. The number of carbonyl (C=O) groups is 4. The van der Waals surface area contributed by atoms with Crippen LogP contribution in [0.1, 0.15) is 100.0 Å². The van der Waals surface area contributed by atoms with E-state index in [0.29, 0.717) is 10.4 Å². The molecule has 0 N–H and O–H groups in total. The van der Waals surface area contributed by atoms with E-state index in [0.717, 1.165) is 68.3 Å². The summed E-state index contributed by atoms with van der Waals surface area (Å²) in [6.07, 6.45) is 8.72. The largest absolute Gasteiger partial charge is 0.288 e. The molecule has 10 rings (SSSR count). The van der Waals surface area contributed by atoms with Gasteiger partial charge in [0.2, 0.25) is 0 Å². The minimum absolute atomic E-state index is 0.0548. The highest BCUT2D eigenvalue weighted by molar-refractivity contribution is 7.29. The Kier molecular flexibility index (Phi) is 7.56. The Morgan fingerprint density at radius 1 is 0.519 bits per heavy atom. The highest BCUT2D eigenvalue weighted by atomic mass is 32.1. The van der Waals surface area contributed by atoms with Crippen molar-refractivity contribution in [3.8, 4) is 29.3 Å². The zero-order valence-corrected chi connectivity index (χ0v) is 31.6. The lowest BCUT2D eigenvalue weighted by atomic mass is 9.68. The summed E-state index contributed by atoms with van der Waals surface area (Å²) in [5.74, 6) is -4.86. The molecule has 0 saturated heterocycles. The van der Waals surface area contributed by atoms with Crippen LogP contribution >= 0.6 is 45.3 Å². The SMILES string of the molecule is Cc1cc2c(cc1F)C(=O)/C(=C\c1ccc(-c3cc4c(s3)-c3sc(-c5ccc(C=C6C(=O)c7cc(F)c(F)cc7C6=O)s5)cc3C43CCCCC3)s1)C2=O. The topological polar surface area (TPSA) is 68.3 Å². The van der Waals surface area contributed by atoms with E-state index in [2.05, 4.69) is 12.1 Å². The lowest BCUT2D eigenvalue weighted by Gasteiger charge is -2.34. The molecule has 0 aliphatic heterocycles. The first-order valence-corrected chi connectivity index (χ1v) is 20.7. The van der Waals surface area contributed by atoms with Crippen molar-refractivity contribution in [2.75, 3.05) is 0 Å². The predicted molar refractivity (Wildman–Crippen MR) is 209 cm³/mol. The fourth-order valence-corrected chi connectivity index (χ4v) is 13.1. The molecule has 11 heteroatoms. The van der Waals surface area contributed by atoms with Crippen molar-refractivity contribution >= 4 is 80.6 Å². The molecule has 0 radical (unpaired) electrons. The van der Waals surface area contributed by atoms with Crippen molar-refractivity contribution in [2.45, 2.75) is 44.4 Å². The first-order valence-electron chi connectivity index (χ1n) is 17.4. The van der Waals surface area contributed by atoms with E-state index in [-0.39, 0.29) is 44.6 Å². The lowest BCUT2D eigenvalue weighted by molar-refractivity contribution is 0.0975. The van der Waals surface area contributed by atoms with Gasteiger partial charge in [0, 0.05) is 66.7 Å². The summed E-state index contributed by atoms with van der Waals surface area (Å²) in [5.41, 5.74) is 3.04. The first kappa shape index (κ1) is 33.7. The molecule has 2 aromatic carbocycles. The Morgan fingerprint density at radius 3 is 1.41 bits per heavy atom. The molecule has 0 atom stereocenters. The molecule has 1 saturated carbocycles. The number of hydrogen-bond acceptors (Lipinski definition) is 8. The second kappa shape index (κ2) is 12.1. The van der Waals surface area contributed by atoms with Crippen molar-refractivity contribution in [3.05, 3.63) is 138 Å². The summed E-state index contributed by atoms with van der Waals surface area (Å²) in [6.45, 7) is 1.58. The van der Waals surface area contributed by atoms with Gasteiger partial charge in [-0.05, 0) is 109 Å². The molecule has 1 spiro atoms. The predicted octanol–water partition coefficient (Wildman–Crippen LogP) is 12.1. The van der Waals surface area contributed by atoms with Gasteiger partial charge < -0.3 is 0 Å². The number of benzene rings is 2. The molecule has 4 aliphatic carbocycles. The Hall–Kier alpha value is -4.81. The standard InChI is InChI=1S/C43H25F3O4S4/c1-19-11-22-23(14-30(19)44)38(48)26(37(22)47)12-20-5-7-33(51-20)35-17-28-41(53-35)42-29(43(28)9-3-2-4-10-43)18-36(54-42)34-8-6-21(52-34)13-27-39(49)24-15-31(45)32(46)16-25(24)40(27)50/h5-8,11-18H,2-4,9-10H2,1H3/b26-12-. The van der Waals surface area contributed by atoms with E-state index >= 15 is 0 Å². The molecular weight excluding hydrogens is 766 g/mol. The third-order valence-electron chi connectivity index (χ3n) is 11.0. The number of fused-ring (bicyclic) bond motifs is 7. The number of aryl methyl sites for hydroxylation is 1. The smallest absolute Gasteiger partial charge is 0.197 e. The van der Waals surface area contributed by atoms with E-state index in [1.54, 1.807) is 35.7 Å². The normalized spacial score (nSPS) is 17.6. The monoisotopic (exact) mass is 790 g/mol. The van der Waals surface area contributed by atoms with Crippen molar-refractivity contribution in [3.63, 3.8) is 0 Å². The Balaban J connectivity index is 0.969. The van der Waals surface area contributed by atoms with Crippen molar-refractivity contribution in [1.82, 2.24) is 0 Å². The second-order valence-corrected chi connectivity index (χ2v) is 18.5. The molecule has 54 heavy (non-hydrogen) atoms. The van der Waals surface area contributed by atoms with Gasteiger partial charge in [-0.1, -0.05) is 19.3 Å². The van der Waals surface area contributed by atoms with Gasteiger partial charge in [0.15, 0.2) is 34.8 Å². The van der Waals surface area contributed by atoms with Crippen LogP contribution in [0.2, 0.25) is 0 Å². The van der Waals surface area contributed by atoms with E-state index in [1.807, 2.05) is 24.3 Å². The van der Waals surface area contributed by atoms with Crippen LogP contribution in [-0.2, 0) is 5.41 Å². The van der Waals surface area contributed by atoms with Crippen LogP contribution in [0.4, 0.5) is 13.2 Å². The number of carbonyl (C=O) groups excluding carboxylic acids is 4. The highest BCUT2D eigenvalue weighted by Crippen LogP contribution is 2.63. The average molecular weight is 791 g/mol. The summed E-state index contributed by atoms with van der Waals surface area (Å²) in [5, 5.41) is 0. The fraction of sp³-hybridized carbons (Fsp3) is 0.163. The zero-order valence-electron chi connectivity index (χ0n) is 28.4. The molecule has 4 aromatic heterocycles. The molecule has 266 valence electrons. The number of ketones is 4. The van der Waals surface area contributed by atoms with Crippen LogP contribution < -0.4 is 0 Å². The third kappa shape index (κ3) is 4.91. The molecule has 4 heterocycles. The van der Waals surface area contributed by atoms with Gasteiger partial charge in [0.25, 0.3) is 0 Å². The second-order valence-electron chi connectivity index (χ2n) is 14.1. The maximum Gasteiger partial charge on any atom is 0.197 e. The Labute approximate surface area is 322 Å². The van der Waals surface area contributed by atoms with Gasteiger partial charge in [-0.2, -0.15) is 0 Å². The quantitative estimate of drug-likeness (QED) is 0.132. The van der Waals surface area contributed by atoms with E-state index < -0.39 is 34.8 Å². The van der Waals surface area contributed by atoms with Crippen LogP contribution in [0.15, 0.2) is 71.8 Å². The van der Waals surface area contributed by atoms with Crippen molar-refractivity contribution in [1.29, 1.82) is 0 Å². The van der Waals surface area contributed by atoms with Crippen LogP contribution in [-0.4, -0.2) is 23.1 Å². The summed E-state index contributed by atoms with van der Waals surface area (Å²) >= 11 is 6.48. The van der Waals surface area contributed by atoms with E-state index in [1.165, 1.54) is 62.1 Å². The molecular formula is C43H25F3O4S4. The molecule has 6 aromatic rings. The van der Waals surface area contributed by atoms with Crippen LogP contribution in [0.5, 0.6) is 0 Å². The average Bonchev–Trinajstić information content (AvgIpc) is 4.03. The van der Waals surface area contributed by atoms with Gasteiger partial charge >= 0.3 is 0 Å². The molecule has 0 amide bonds. The minimum Gasteiger partial charge on any atom is -0.288 e. The van der Waals surface area contributed by atoms with Gasteiger partial charge in [0.05, 0.1) is 11.1 Å². The number of thiophene rings is 4. The van der Waals surface area contributed by atoms with Crippen molar-refractivity contribution in [2.24, 2.45) is 0 Å².